The van der Waals surface area contributed by atoms with Crippen LogP contribution >= 0.6 is 0 Å². The van der Waals surface area contributed by atoms with Crippen molar-refractivity contribution in [2.24, 2.45) is 11.8 Å². The van der Waals surface area contributed by atoms with Gasteiger partial charge in [0.05, 0.1) is 12.0 Å². The summed E-state index contributed by atoms with van der Waals surface area (Å²) in [5.74, 6) is 0.0890. The molecular formula is C19H29N3O2. The maximum absolute atomic E-state index is 12.5. The molecule has 132 valence electrons. The van der Waals surface area contributed by atoms with E-state index in [0.29, 0.717) is 13.1 Å². The van der Waals surface area contributed by atoms with E-state index in [2.05, 4.69) is 22.3 Å². The standard InChI is InChI=1S/C19H29N3O2/c1-14(2)19(24)22-12-16(13-22)18(23)20-17(10-11-21(3)4)15-8-6-5-7-9-15/h5-9,14,16-17H,10-13H2,1-4H3,(H,20,23). The topological polar surface area (TPSA) is 52.7 Å². The van der Waals surface area contributed by atoms with Crippen molar-refractivity contribution in [3.63, 3.8) is 0 Å². The van der Waals surface area contributed by atoms with E-state index < -0.39 is 0 Å². The van der Waals surface area contributed by atoms with E-state index in [4.69, 9.17) is 0 Å². The van der Waals surface area contributed by atoms with Gasteiger partial charge in [-0.15, -0.1) is 0 Å². The molecule has 1 atom stereocenters. The van der Waals surface area contributed by atoms with Crippen LogP contribution in [0.1, 0.15) is 31.9 Å². The van der Waals surface area contributed by atoms with E-state index in [1.807, 2.05) is 46.1 Å². The van der Waals surface area contributed by atoms with Crippen molar-refractivity contribution in [3.8, 4) is 0 Å². The van der Waals surface area contributed by atoms with Crippen LogP contribution in [0.25, 0.3) is 0 Å². The molecule has 1 N–H and O–H groups in total. The first kappa shape index (κ1) is 18.5. The van der Waals surface area contributed by atoms with Crippen molar-refractivity contribution in [2.45, 2.75) is 26.3 Å². The molecule has 1 unspecified atom stereocenters. The summed E-state index contributed by atoms with van der Waals surface area (Å²) in [5.41, 5.74) is 1.13. The molecule has 1 aliphatic heterocycles. The molecule has 0 radical (unpaired) electrons. The number of nitrogens with one attached hydrogen (secondary N) is 1. The van der Waals surface area contributed by atoms with Gasteiger partial charge in [0.15, 0.2) is 0 Å². The minimum atomic E-state index is -0.0849. The van der Waals surface area contributed by atoms with Crippen LogP contribution < -0.4 is 5.32 Å². The van der Waals surface area contributed by atoms with E-state index in [1.165, 1.54) is 0 Å². The second kappa shape index (κ2) is 8.29. The molecule has 1 aliphatic rings. The SMILES string of the molecule is CC(C)C(=O)N1CC(C(=O)NC(CCN(C)C)c2ccccc2)C1. The quantitative estimate of drug-likeness (QED) is 0.830. The fourth-order valence-electron chi connectivity index (χ4n) is 2.87. The molecule has 1 fully saturated rings. The largest absolute Gasteiger partial charge is 0.349 e. The average Bonchev–Trinajstić information content (AvgIpc) is 2.50. The highest BCUT2D eigenvalue weighted by Crippen LogP contribution is 2.22. The number of carbonyl (C=O) groups is 2. The molecule has 0 aromatic heterocycles. The summed E-state index contributed by atoms with van der Waals surface area (Å²) in [4.78, 5) is 28.3. The fourth-order valence-corrected chi connectivity index (χ4v) is 2.87. The summed E-state index contributed by atoms with van der Waals surface area (Å²) in [6.07, 6.45) is 0.865. The normalized spacial score (nSPS) is 16.2. The average molecular weight is 331 g/mol. The van der Waals surface area contributed by atoms with Crippen LogP contribution in [0, 0.1) is 11.8 Å². The lowest BCUT2D eigenvalue weighted by molar-refractivity contribution is -0.145. The van der Waals surface area contributed by atoms with Gasteiger partial charge < -0.3 is 15.1 Å². The Bertz CT molecular complexity index is 551. The minimum absolute atomic E-state index is 0.00818. The Morgan fingerprint density at radius 1 is 1.21 bits per heavy atom. The van der Waals surface area contributed by atoms with Crippen molar-refractivity contribution < 1.29 is 9.59 Å². The molecule has 1 aromatic carbocycles. The monoisotopic (exact) mass is 331 g/mol. The summed E-state index contributed by atoms with van der Waals surface area (Å²) in [6.45, 7) is 5.77. The molecule has 5 nitrogen and oxygen atoms in total. The number of benzene rings is 1. The molecule has 0 saturated carbocycles. The Morgan fingerprint density at radius 2 is 1.83 bits per heavy atom. The van der Waals surface area contributed by atoms with Crippen LogP contribution in [0.3, 0.4) is 0 Å². The van der Waals surface area contributed by atoms with Gasteiger partial charge in [-0.05, 0) is 32.6 Å². The van der Waals surface area contributed by atoms with Crippen LogP contribution in [-0.4, -0.2) is 55.3 Å². The van der Waals surface area contributed by atoms with E-state index in [0.717, 1.165) is 18.5 Å². The van der Waals surface area contributed by atoms with Crippen molar-refractivity contribution >= 4 is 11.8 Å². The van der Waals surface area contributed by atoms with E-state index in [-0.39, 0.29) is 29.7 Å². The maximum Gasteiger partial charge on any atom is 0.227 e. The fraction of sp³-hybridized carbons (Fsp3) is 0.579. The highest BCUT2D eigenvalue weighted by atomic mass is 16.2. The number of hydrogen-bond acceptors (Lipinski definition) is 3. The maximum atomic E-state index is 12.5. The highest BCUT2D eigenvalue weighted by molar-refractivity contribution is 5.85. The van der Waals surface area contributed by atoms with Gasteiger partial charge in [-0.25, -0.2) is 0 Å². The van der Waals surface area contributed by atoms with Crippen LogP contribution in [0.15, 0.2) is 30.3 Å². The van der Waals surface area contributed by atoms with Gasteiger partial charge in [0, 0.05) is 19.0 Å². The Balaban J connectivity index is 1.92. The first-order valence-corrected chi connectivity index (χ1v) is 8.67. The third kappa shape index (κ3) is 4.81. The second-order valence-electron chi connectivity index (χ2n) is 7.16. The number of carbonyl (C=O) groups excluding carboxylic acids is 2. The van der Waals surface area contributed by atoms with Gasteiger partial charge in [0.25, 0.3) is 0 Å². The van der Waals surface area contributed by atoms with Gasteiger partial charge in [-0.2, -0.15) is 0 Å². The zero-order valence-corrected chi connectivity index (χ0v) is 15.2. The molecular weight excluding hydrogens is 302 g/mol. The van der Waals surface area contributed by atoms with Crippen molar-refractivity contribution in [2.75, 3.05) is 33.7 Å². The molecule has 1 saturated heterocycles. The molecule has 5 heteroatoms. The molecule has 24 heavy (non-hydrogen) atoms. The molecule has 2 rings (SSSR count). The van der Waals surface area contributed by atoms with Crippen LogP contribution in [0.5, 0.6) is 0 Å². The number of hydrogen-bond donors (Lipinski definition) is 1. The molecule has 1 aromatic rings. The van der Waals surface area contributed by atoms with Gasteiger partial charge in [-0.1, -0.05) is 44.2 Å². The molecule has 1 heterocycles. The number of nitrogens with zero attached hydrogens (tertiary/aromatic N) is 2. The molecule has 0 spiro atoms. The van der Waals surface area contributed by atoms with Crippen LogP contribution in [0.2, 0.25) is 0 Å². The van der Waals surface area contributed by atoms with E-state index >= 15 is 0 Å². The predicted octanol–water partition coefficient (Wildman–Crippen LogP) is 1.91. The molecule has 2 amide bonds. The second-order valence-corrected chi connectivity index (χ2v) is 7.16. The zero-order valence-electron chi connectivity index (χ0n) is 15.2. The predicted molar refractivity (Wildman–Crippen MR) is 95.4 cm³/mol. The van der Waals surface area contributed by atoms with Gasteiger partial charge in [0.1, 0.15) is 0 Å². The lowest BCUT2D eigenvalue weighted by Crippen LogP contribution is -2.57. The first-order chi connectivity index (χ1) is 11.4. The smallest absolute Gasteiger partial charge is 0.227 e. The summed E-state index contributed by atoms with van der Waals surface area (Å²) in [5, 5.41) is 3.18. The molecule has 0 aliphatic carbocycles. The van der Waals surface area contributed by atoms with Crippen LogP contribution in [-0.2, 0) is 9.59 Å². The third-order valence-electron chi connectivity index (χ3n) is 4.44. The van der Waals surface area contributed by atoms with Crippen LogP contribution in [0.4, 0.5) is 0 Å². The van der Waals surface area contributed by atoms with Gasteiger partial charge in [0.2, 0.25) is 11.8 Å². The summed E-state index contributed by atoms with van der Waals surface area (Å²) in [6, 6.07) is 10.1. The summed E-state index contributed by atoms with van der Waals surface area (Å²) < 4.78 is 0. The molecule has 0 bridgehead atoms. The van der Waals surface area contributed by atoms with Crippen molar-refractivity contribution in [1.82, 2.24) is 15.1 Å². The Hall–Kier alpha value is -1.88. The first-order valence-electron chi connectivity index (χ1n) is 8.67. The number of likely N-dealkylation sites (tertiary alicyclic amines) is 1. The van der Waals surface area contributed by atoms with E-state index in [1.54, 1.807) is 4.90 Å². The Morgan fingerprint density at radius 3 is 2.38 bits per heavy atom. The van der Waals surface area contributed by atoms with E-state index in [9.17, 15) is 9.59 Å². The summed E-state index contributed by atoms with van der Waals surface area (Å²) in [7, 11) is 4.07. The lowest BCUT2D eigenvalue weighted by atomic mass is 9.95. The number of amides is 2. The Labute approximate surface area is 145 Å². The van der Waals surface area contributed by atoms with Crippen molar-refractivity contribution in [3.05, 3.63) is 35.9 Å². The van der Waals surface area contributed by atoms with Crippen molar-refractivity contribution in [1.29, 1.82) is 0 Å². The lowest BCUT2D eigenvalue weighted by Gasteiger charge is -2.40. The number of rotatable bonds is 7. The third-order valence-corrected chi connectivity index (χ3v) is 4.44. The van der Waals surface area contributed by atoms with Gasteiger partial charge in [-0.3, -0.25) is 9.59 Å². The minimum Gasteiger partial charge on any atom is -0.349 e. The highest BCUT2D eigenvalue weighted by Gasteiger charge is 2.37. The summed E-state index contributed by atoms with van der Waals surface area (Å²) >= 11 is 0. The Kier molecular flexibility index (Phi) is 6.37. The zero-order chi connectivity index (χ0) is 17.7. The van der Waals surface area contributed by atoms with Gasteiger partial charge >= 0.3 is 0 Å².